The third-order valence-corrected chi connectivity index (χ3v) is 6.87. The van der Waals surface area contributed by atoms with Crippen LogP contribution in [0.5, 0.6) is 0 Å². The molecule has 0 atom stereocenters. The first-order chi connectivity index (χ1) is 13.0. The minimum atomic E-state index is -2.67. The summed E-state index contributed by atoms with van der Waals surface area (Å²) in [5.41, 5.74) is 1.98. The Morgan fingerprint density at radius 3 is 2.52 bits per heavy atom. The van der Waals surface area contributed by atoms with Crippen LogP contribution in [0.15, 0.2) is 41.4 Å². The molecule has 0 aliphatic carbocycles. The Bertz CT molecular complexity index is 1130. The maximum absolute atomic E-state index is 13.3. The van der Waals surface area contributed by atoms with Crippen LogP contribution in [0.4, 0.5) is 13.2 Å². The molecule has 4 rings (SSSR count). The van der Waals surface area contributed by atoms with E-state index in [0.29, 0.717) is 37.1 Å². The molecule has 0 N–H and O–H groups in total. The molecule has 4 nitrogen and oxygen atoms in total. The van der Waals surface area contributed by atoms with Crippen LogP contribution in [0.3, 0.4) is 0 Å². The van der Waals surface area contributed by atoms with Gasteiger partial charge in [0.2, 0.25) is 0 Å². The van der Waals surface area contributed by atoms with Crippen molar-refractivity contribution in [3.05, 3.63) is 51.9 Å². The van der Waals surface area contributed by atoms with Crippen molar-refractivity contribution in [1.29, 1.82) is 0 Å². The predicted molar refractivity (Wildman–Crippen MR) is 100 cm³/mol. The fourth-order valence-electron chi connectivity index (χ4n) is 2.55. The van der Waals surface area contributed by atoms with Crippen molar-refractivity contribution in [3.8, 4) is 21.5 Å². The number of rotatable bonds is 4. The Morgan fingerprint density at radius 1 is 1.15 bits per heavy atom. The molecule has 0 amide bonds. The van der Waals surface area contributed by atoms with Crippen LogP contribution in [0.25, 0.3) is 27.2 Å². The van der Waals surface area contributed by atoms with Crippen LogP contribution in [-0.4, -0.2) is 34.1 Å². The van der Waals surface area contributed by atoms with Crippen molar-refractivity contribution < 1.29 is 13.2 Å². The quantitative estimate of drug-likeness (QED) is 0.352. The van der Waals surface area contributed by atoms with Crippen molar-refractivity contribution in [3.63, 3.8) is 0 Å². The number of fused-ring (bicyclic) bond motifs is 1. The van der Waals surface area contributed by atoms with E-state index in [1.54, 1.807) is 28.8 Å². The Hall–Kier alpha value is -1.51. The van der Waals surface area contributed by atoms with Gasteiger partial charge < -0.3 is 0 Å². The molecule has 0 radical (unpaired) electrons. The van der Waals surface area contributed by atoms with E-state index in [-0.39, 0.29) is 4.57 Å². The minimum absolute atomic E-state index is 0.258. The predicted octanol–water partition coefficient (Wildman–Crippen LogP) is 5.49. The Morgan fingerprint density at radius 2 is 1.89 bits per heavy atom. The molecule has 0 fully saturated rings. The van der Waals surface area contributed by atoms with E-state index in [1.807, 2.05) is 0 Å². The van der Waals surface area contributed by atoms with Crippen molar-refractivity contribution >= 4 is 53.4 Å². The fraction of sp³-hybridized carbons (Fsp3) is 0.0625. The summed E-state index contributed by atoms with van der Waals surface area (Å²) >= 11 is 5.56. The summed E-state index contributed by atoms with van der Waals surface area (Å²) in [5.74, 6) is -0.395. The zero-order valence-electron chi connectivity index (χ0n) is 13.0. The first-order valence-electron chi connectivity index (χ1n) is 7.36. The molecule has 27 heavy (non-hydrogen) atoms. The molecule has 11 heteroatoms. The molecule has 138 valence electrons. The molecule has 1 aromatic carbocycles. The molecule has 0 bridgehead atoms. The molecule has 0 saturated carbocycles. The van der Waals surface area contributed by atoms with Gasteiger partial charge >= 0.3 is 171 Å². The van der Waals surface area contributed by atoms with Gasteiger partial charge in [-0.15, -0.1) is 0 Å². The monoisotopic (exact) mass is 494 g/mol. The summed E-state index contributed by atoms with van der Waals surface area (Å²) in [4.78, 5) is 5.20. The third-order valence-electron chi connectivity index (χ3n) is 3.69. The SMILES string of the molecule is Fc1ccc(-c2nc3c(Cl)cc(SCl)cn3c2-c2nnc(C(F)F)[se]2)cc1. The maximum atomic E-state index is 13.3. The van der Waals surface area contributed by atoms with Gasteiger partial charge in [0, 0.05) is 0 Å². The molecule has 0 aliphatic heterocycles. The van der Waals surface area contributed by atoms with E-state index in [0.717, 1.165) is 11.0 Å². The zero-order valence-corrected chi connectivity index (χ0v) is 17.1. The van der Waals surface area contributed by atoms with Crippen LogP contribution in [0.1, 0.15) is 11.0 Å². The summed E-state index contributed by atoms with van der Waals surface area (Å²) in [6.45, 7) is 0. The Labute approximate surface area is 170 Å². The molecule has 3 aromatic heterocycles. The van der Waals surface area contributed by atoms with Gasteiger partial charge in [-0.3, -0.25) is 0 Å². The number of halogens is 5. The zero-order chi connectivity index (χ0) is 19.1. The van der Waals surface area contributed by atoms with Crippen molar-refractivity contribution in [2.45, 2.75) is 11.3 Å². The number of nitrogens with zero attached hydrogens (tertiary/aromatic N) is 4. The second-order valence-corrected chi connectivity index (χ2v) is 8.97. The van der Waals surface area contributed by atoms with Crippen LogP contribution >= 0.6 is 33.3 Å². The number of benzene rings is 1. The average molecular weight is 494 g/mol. The summed E-state index contributed by atoms with van der Waals surface area (Å²) in [5, 5.41) is 7.91. The second-order valence-electron chi connectivity index (χ2n) is 5.36. The molecule has 3 heterocycles. The van der Waals surface area contributed by atoms with Crippen LogP contribution < -0.4 is 0 Å². The van der Waals surface area contributed by atoms with Gasteiger partial charge in [0.15, 0.2) is 0 Å². The standard InChI is InChI=1S/C16H7Cl2F3N4SSe/c17-10-5-9(26-18)6-25-12(15-23-24-16(27-15)13(20)21)11(22-14(10)25)7-1-3-8(19)4-2-7/h1-6,13H. The first kappa shape index (κ1) is 18.8. The van der Waals surface area contributed by atoms with Crippen molar-refractivity contribution in [2.75, 3.05) is 0 Å². The third kappa shape index (κ3) is 3.50. The van der Waals surface area contributed by atoms with Crippen LogP contribution in [0.2, 0.25) is 5.02 Å². The van der Waals surface area contributed by atoms with E-state index in [9.17, 15) is 13.2 Å². The second kappa shape index (κ2) is 7.48. The molecule has 0 spiro atoms. The number of aromatic nitrogens is 4. The van der Waals surface area contributed by atoms with Gasteiger partial charge in [-0.2, -0.15) is 0 Å². The number of alkyl halides is 2. The average Bonchev–Trinajstić information content (AvgIpc) is 3.27. The molecule has 0 aliphatic rings. The summed E-state index contributed by atoms with van der Waals surface area (Å²) in [6, 6.07) is 7.37. The number of imidazole rings is 1. The van der Waals surface area contributed by atoms with E-state index in [2.05, 4.69) is 15.2 Å². The van der Waals surface area contributed by atoms with Crippen LogP contribution in [-0.2, 0) is 0 Å². The topological polar surface area (TPSA) is 43.1 Å². The van der Waals surface area contributed by atoms with Crippen LogP contribution in [0, 0.1) is 5.82 Å². The van der Waals surface area contributed by atoms with E-state index < -0.39 is 26.7 Å². The molecule has 0 unspecified atom stereocenters. The van der Waals surface area contributed by atoms with Gasteiger partial charge in [0.1, 0.15) is 0 Å². The number of hydrogen-bond acceptors (Lipinski definition) is 4. The van der Waals surface area contributed by atoms with E-state index in [4.69, 9.17) is 22.3 Å². The summed E-state index contributed by atoms with van der Waals surface area (Å²) in [7, 11) is 6.82. The molecular weight excluding hydrogens is 487 g/mol. The Kier molecular flexibility index (Phi) is 5.22. The van der Waals surface area contributed by atoms with Gasteiger partial charge in [-0.05, 0) is 0 Å². The summed E-state index contributed by atoms with van der Waals surface area (Å²) in [6.07, 6.45) is -0.968. The molecule has 4 aromatic rings. The fourth-order valence-corrected chi connectivity index (χ4v) is 4.99. The van der Waals surface area contributed by atoms with Crippen molar-refractivity contribution in [1.82, 2.24) is 19.6 Å². The Balaban J connectivity index is 2.03. The molecule has 0 saturated heterocycles. The number of pyridine rings is 1. The van der Waals surface area contributed by atoms with Gasteiger partial charge in [-0.1, -0.05) is 0 Å². The first-order valence-corrected chi connectivity index (χ1v) is 11.1. The van der Waals surface area contributed by atoms with Gasteiger partial charge in [0.05, 0.1) is 0 Å². The number of hydrogen-bond donors (Lipinski definition) is 0. The van der Waals surface area contributed by atoms with Crippen molar-refractivity contribution in [2.24, 2.45) is 0 Å². The van der Waals surface area contributed by atoms with E-state index in [1.165, 1.54) is 12.1 Å². The van der Waals surface area contributed by atoms with Gasteiger partial charge in [0.25, 0.3) is 0 Å². The van der Waals surface area contributed by atoms with E-state index >= 15 is 0 Å². The van der Waals surface area contributed by atoms with Gasteiger partial charge in [-0.25, -0.2) is 0 Å². The summed E-state index contributed by atoms with van der Waals surface area (Å²) < 4.78 is 41.2. The molecular formula is C16H7Cl2F3N4SSe. The normalized spacial score (nSPS) is 11.6.